The lowest BCUT2D eigenvalue weighted by Gasteiger charge is -2.35. The Bertz CT molecular complexity index is 898. The first-order valence-corrected chi connectivity index (χ1v) is 9.33. The fraction of sp³-hybridized carbons (Fsp3) is 0.450. The van der Waals surface area contributed by atoms with Crippen molar-refractivity contribution in [3.05, 3.63) is 30.0 Å². The van der Waals surface area contributed by atoms with Crippen LogP contribution in [0, 0.1) is 11.3 Å². The number of aromatic nitrogens is 1. The molecule has 28 heavy (non-hydrogen) atoms. The van der Waals surface area contributed by atoms with E-state index in [1.165, 1.54) is 18.3 Å². The van der Waals surface area contributed by atoms with Gasteiger partial charge in [0.25, 0.3) is 0 Å². The van der Waals surface area contributed by atoms with Crippen LogP contribution in [-0.2, 0) is 4.79 Å². The summed E-state index contributed by atoms with van der Waals surface area (Å²) in [4.78, 5) is 18.2. The smallest absolute Gasteiger partial charge is 0.387 e. The van der Waals surface area contributed by atoms with Gasteiger partial charge in [-0.3, -0.25) is 9.78 Å². The second kappa shape index (κ2) is 8.83. The predicted octanol–water partition coefficient (Wildman–Crippen LogP) is 3.59. The zero-order valence-corrected chi connectivity index (χ0v) is 15.6. The minimum absolute atomic E-state index is 0.0158. The summed E-state index contributed by atoms with van der Waals surface area (Å²) in [5.74, 6) is 0.0347. The van der Waals surface area contributed by atoms with E-state index in [0.717, 1.165) is 19.3 Å². The number of halogens is 2. The van der Waals surface area contributed by atoms with E-state index in [-0.39, 0.29) is 17.7 Å². The molecule has 2 aromatic rings. The highest BCUT2D eigenvalue weighted by Crippen LogP contribution is 2.34. The van der Waals surface area contributed by atoms with Gasteiger partial charge in [-0.25, -0.2) is 0 Å². The molecule has 1 atom stereocenters. The third kappa shape index (κ3) is 4.47. The van der Waals surface area contributed by atoms with Crippen LogP contribution in [0.5, 0.6) is 5.75 Å². The monoisotopic (exact) mass is 388 g/mol. The summed E-state index contributed by atoms with van der Waals surface area (Å²) in [5.41, 5.74) is 1.59. The van der Waals surface area contributed by atoms with E-state index in [1.807, 2.05) is 11.8 Å². The summed E-state index contributed by atoms with van der Waals surface area (Å²) < 4.78 is 29.8. The number of benzene rings is 1. The van der Waals surface area contributed by atoms with Crippen molar-refractivity contribution >= 4 is 22.5 Å². The van der Waals surface area contributed by atoms with Gasteiger partial charge < -0.3 is 15.0 Å². The van der Waals surface area contributed by atoms with Crippen molar-refractivity contribution in [3.8, 4) is 11.8 Å². The van der Waals surface area contributed by atoms with Gasteiger partial charge in [0, 0.05) is 37.1 Å². The van der Waals surface area contributed by atoms with Gasteiger partial charge in [-0.05, 0) is 37.5 Å². The summed E-state index contributed by atoms with van der Waals surface area (Å²) in [7, 11) is 0. The van der Waals surface area contributed by atoms with E-state index < -0.39 is 6.61 Å². The Balaban J connectivity index is 1.95. The molecular formula is C20H22F2N4O2. The van der Waals surface area contributed by atoms with Crippen LogP contribution in [0.25, 0.3) is 10.9 Å². The van der Waals surface area contributed by atoms with E-state index in [2.05, 4.69) is 21.1 Å². The second-order valence-corrected chi connectivity index (χ2v) is 6.79. The summed E-state index contributed by atoms with van der Waals surface area (Å²) >= 11 is 0. The van der Waals surface area contributed by atoms with Crippen LogP contribution in [0.2, 0.25) is 0 Å². The maximum absolute atomic E-state index is 12.6. The van der Waals surface area contributed by atoms with Gasteiger partial charge in [-0.2, -0.15) is 14.0 Å². The molecule has 0 bridgehead atoms. The normalized spacial score (nSPS) is 16.8. The van der Waals surface area contributed by atoms with E-state index in [1.54, 1.807) is 6.07 Å². The van der Waals surface area contributed by atoms with Crippen LogP contribution in [0.1, 0.15) is 38.2 Å². The molecule has 1 aromatic carbocycles. The molecule has 8 heteroatoms. The average molecular weight is 388 g/mol. The number of alkyl halides is 2. The number of anilines is 1. The number of hydrogen-bond acceptors (Lipinski definition) is 5. The van der Waals surface area contributed by atoms with Gasteiger partial charge in [0.2, 0.25) is 5.91 Å². The largest absolute Gasteiger partial charge is 0.435 e. The Kier molecular flexibility index (Phi) is 6.24. The fourth-order valence-corrected chi connectivity index (χ4v) is 3.58. The third-order valence-corrected chi connectivity index (χ3v) is 4.74. The number of fused-ring (bicyclic) bond motifs is 1. The molecule has 1 aromatic heterocycles. The summed E-state index contributed by atoms with van der Waals surface area (Å²) in [5, 5.41) is 13.2. The molecule has 2 heterocycles. The lowest BCUT2D eigenvalue weighted by Crippen LogP contribution is -2.48. The zero-order valence-electron chi connectivity index (χ0n) is 15.6. The molecule has 0 spiro atoms. The molecule has 1 aliphatic rings. The highest BCUT2D eigenvalue weighted by atomic mass is 19.3. The SMILES string of the molecule is CCCC(=O)NC1CCCN(c2c(C#N)cnc3ccc(OC(F)F)cc23)C1. The molecule has 1 fully saturated rings. The highest BCUT2D eigenvalue weighted by molar-refractivity contribution is 5.95. The van der Waals surface area contributed by atoms with Crippen molar-refractivity contribution < 1.29 is 18.3 Å². The molecule has 0 radical (unpaired) electrons. The number of ether oxygens (including phenoxy) is 1. The van der Waals surface area contributed by atoms with Crippen LogP contribution in [0.4, 0.5) is 14.5 Å². The molecule has 1 saturated heterocycles. The second-order valence-electron chi connectivity index (χ2n) is 6.79. The Morgan fingerprint density at radius 1 is 1.50 bits per heavy atom. The number of carbonyl (C=O) groups is 1. The van der Waals surface area contributed by atoms with Gasteiger partial charge in [0.05, 0.1) is 16.8 Å². The number of nitrogens with zero attached hydrogens (tertiary/aromatic N) is 3. The number of amides is 1. The molecule has 0 aliphatic carbocycles. The fourth-order valence-electron chi connectivity index (χ4n) is 3.58. The molecular weight excluding hydrogens is 366 g/mol. The maximum atomic E-state index is 12.6. The Hall–Kier alpha value is -2.95. The van der Waals surface area contributed by atoms with Crippen LogP contribution in [0.3, 0.4) is 0 Å². The molecule has 6 nitrogen and oxygen atoms in total. The number of nitriles is 1. The van der Waals surface area contributed by atoms with E-state index in [0.29, 0.717) is 41.7 Å². The molecule has 3 rings (SSSR count). The summed E-state index contributed by atoms with van der Waals surface area (Å²) in [6.07, 6.45) is 4.45. The molecule has 1 aliphatic heterocycles. The number of pyridine rings is 1. The topological polar surface area (TPSA) is 78.3 Å². The first kappa shape index (κ1) is 19.8. The van der Waals surface area contributed by atoms with Crippen molar-refractivity contribution in [3.63, 3.8) is 0 Å². The van der Waals surface area contributed by atoms with Crippen molar-refractivity contribution in [2.45, 2.75) is 45.3 Å². The van der Waals surface area contributed by atoms with Crippen LogP contribution < -0.4 is 15.0 Å². The van der Waals surface area contributed by atoms with Crippen molar-refractivity contribution in [2.24, 2.45) is 0 Å². The van der Waals surface area contributed by atoms with E-state index >= 15 is 0 Å². The van der Waals surface area contributed by atoms with E-state index in [9.17, 15) is 18.8 Å². The van der Waals surface area contributed by atoms with E-state index in [4.69, 9.17) is 0 Å². The van der Waals surface area contributed by atoms with Gasteiger partial charge in [0.1, 0.15) is 11.8 Å². The lowest BCUT2D eigenvalue weighted by molar-refractivity contribution is -0.121. The average Bonchev–Trinajstić information content (AvgIpc) is 2.66. The molecule has 1 N–H and O–H groups in total. The van der Waals surface area contributed by atoms with Crippen LogP contribution in [0.15, 0.2) is 24.4 Å². The van der Waals surface area contributed by atoms with Gasteiger partial charge >= 0.3 is 6.61 Å². The molecule has 1 amide bonds. The first-order chi connectivity index (χ1) is 13.5. The number of hydrogen-bond donors (Lipinski definition) is 1. The highest BCUT2D eigenvalue weighted by Gasteiger charge is 2.25. The third-order valence-electron chi connectivity index (χ3n) is 4.74. The van der Waals surface area contributed by atoms with Gasteiger partial charge in [-0.15, -0.1) is 0 Å². The summed E-state index contributed by atoms with van der Waals surface area (Å²) in [6.45, 7) is 0.270. The zero-order chi connectivity index (χ0) is 20.1. The number of piperidine rings is 1. The number of nitrogens with one attached hydrogen (secondary N) is 1. The Morgan fingerprint density at radius 2 is 2.32 bits per heavy atom. The van der Waals surface area contributed by atoms with Crippen molar-refractivity contribution in [1.82, 2.24) is 10.3 Å². The molecule has 148 valence electrons. The minimum atomic E-state index is -2.93. The quantitative estimate of drug-likeness (QED) is 0.818. The summed E-state index contributed by atoms with van der Waals surface area (Å²) in [6, 6.07) is 6.64. The lowest BCUT2D eigenvalue weighted by atomic mass is 10.0. The molecule has 1 unspecified atom stereocenters. The van der Waals surface area contributed by atoms with Crippen LogP contribution in [-0.4, -0.2) is 36.6 Å². The molecule has 0 saturated carbocycles. The van der Waals surface area contributed by atoms with Gasteiger partial charge in [-0.1, -0.05) is 6.92 Å². The standard InChI is InChI=1S/C20H22F2N4O2/c1-2-4-18(27)25-14-5-3-8-26(12-14)19-13(10-23)11-24-17-7-6-15(9-16(17)19)28-20(21)22/h6-7,9,11,14,20H,2-5,8,12H2,1H3,(H,25,27). The predicted molar refractivity (Wildman–Crippen MR) is 101 cm³/mol. The number of rotatable bonds is 6. The number of carbonyl (C=O) groups excluding carboxylic acids is 1. The Morgan fingerprint density at radius 3 is 3.04 bits per heavy atom. The van der Waals surface area contributed by atoms with Gasteiger partial charge in [0.15, 0.2) is 0 Å². The minimum Gasteiger partial charge on any atom is -0.435 e. The first-order valence-electron chi connectivity index (χ1n) is 9.33. The van der Waals surface area contributed by atoms with Crippen molar-refractivity contribution in [1.29, 1.82) is 5.26 Å². The van der Waals surface area contributed by atoms with Crippen LogP contribution >= 0.6 is 0 Å². The van der Waals surface area contributed by atoms with Crippen molar-refractivity contribution in [2.75, 3.05) is 18.0 Å². The maximum Gasteiger partial charge on any atom is 0.387 e. The Labute approximate surface area is 162 Å².